The molecule has 2 N–H and O–H groups in total. The van der Waals surface area contributed by atoms with Crippen LogP contribution in [-0.4, -0.2) is 36.7 Å². The number of ether oxygens (including phenoxy) is 1. The summed E-state index contributed by atoms with van der Waals surface area (Å²) < 4.78 is 4.77. The minimum absolute atomic E-state index is 0.0241. The summed E-state index contributed by atoms with van der Waals surface area (Å²) in [6.07, 6.45) is 0. The molecule has 0 fully saturated rings. The first-order valence-corrected chi connectivity index (χ1v) is 5.02. The van der Waals surface area contributed by atoms with Gasteiger partial charge in [-0.3, -0.25) is 4.79 Å². The molecule has 0 radical (unpaired) electrons. The van der Waals surface area contributed by atoms with E-state index >= 15 is 0 Å². The molecule has 0 saturated heterocycles. The summed E-state index contributed by atoms with van der Waals surface area (Å²) in [5.41, 5.74) is 0. The van der Waals surface area contributed by atoms with Crippen LogP contribution in [0.3, 0.4) is 0 Å². The number of aliphatic carboxylic acids is 1. The van der Waals surface area contributed by atoms with E-state index in [1.165, 1.54) is 0 Å². The highest BCUT2D eigenvalue weighted by molar-refractivity contribution is 5.78. The largest absolute Gasteiger partial charge is 0.480 e. The first-order valence-electron chi connectivity index (χ1n) is 5.02. The molecule has 0 aliphatic heterocycles. The lowest BCUT2D eigenvalue weighted by atomic mass is 9.97. The van der Waals surface area contributed by atoms with Crippen LogP contribution < -0.4 is 5.32 Å². The van der Waals surface area contributed by atoms with Gasteiger partial charge in [0, 0.05) is 12.5 Å². The second kappa shape index (κ2) is 7.23. The second-order valence-corrected chi connectivity index (χ2v) is 3.77. The van der Waals surface area contributed by atoms with Gasteiger partial charge in [0.1, 0.15) is 6.61 Å². The maximum absolute atomic E-state index is 11.4. The van der Waals surface area contributed by atoms with Crippen LogP contribution >= 0.6 is 0 Å². The number of carbonyl (C=O) groups excluding carboxylic acids is 1. The van der Waals surface area contributed by atoms with Gasteiger partial charge in [-0.1, -0.05) is 20.8 Å². The van der Waals surface area contributed by atoms with E-state index in [1.54, 1.807) is 0 Å². The quantitative estimate of drug-likeness (QED) is 0.609. The van der Waals surface area contributed by atoms with Gasteiger partial charge < -0.3 is 15.2 Å². The van der Waals surface area contributed by atoms with E-state index in [1.807, 2.05) is 20.8 Å². The molecule has 0 aliphatic carbocycles. The Hall–Kier alpha value is -1.10. The van der Waals surface area contributed by atoms with Crippen molar-refractivity contribution >= 4 is 11.9 Å². The molecule has 0 aromatic heterocycles. The molecule has 0 aromatic rings. The van der Waals surface area contributed by atoms with E-state index in [0.717, 1.165) is 0 Å². The summed E-state index contributed by atoms with van der Waals surface area (Å²) in [6.45, 7) is 6.07. The molecule has 5 heteroatoms. The fourth-order valence-corrected chi connectivity index (χ4v) is 0.870. The summed E-state index contributed by atoms with van der Waals surface area (Å²) in [6, 6.07) is 0. The number of carboxylic acid groups (broad SMARTS) is 1. The molecule has 88 valence electrons. The lowest BCUT2D eigenvalue weighted by Crippen LogP contribution is -2.34. The van der Waals surface area contributed by atoms with Gasteiger partial charge in [-0.25, -0.2) is 4.79 Å². The topological polar surface area (TPSA) is 75.6 Å². The zero-order chi connectivity index (χ0) is 11.8. The van der Waals surface area contributed by atoms with Gasteiger partial charge in [0.15, 0.2) is 0 Å². The third kappa shape index (κ3) is 6.90. The molecular formula is C10H19NO4. The van der Waals surface area contributed by atoms with Crippen molar-refractivity contribution in [3.05, 3.63) is 0 Å². The smallest absolute Gasteiger partial charge is 0.329 e. The molecule has 0 heterocycles. The summed E-state index contributed by atoms with van der Waals surface area (Å²) in [7, 11) is 0. The summed E-state index contributed by atoms with van der Waals surface area (Å²) in [4.78, 5) is 21.5. The van der Waals surface area contributed by atoms with Gasteiger partial charge in [-0.2, -0.15) is 0 Å². The molecule has 15 heavy (non-hydrogen) atoms. The molecule has 0 rings (SSSR count). The minimum Gasteiger partial charge on any atom is -0.480 e. The van der Waals surface area contributed by atoms with E-state index in [9.17, 15) is 9.59 Å². The predicted octanol–water partition coefficient (Wildman–Crippen LogP) is 0.496. The Bertz CT molecular complexity index is 215. The normalized spacial score (nSPS) is 12.5. The van der Waals surface area contributed by atoms with Crippen LogP contribution in [-0.2, 0) is 14.3 Å². The summed E-state index contributed by atoms with van der Waals surface area (Å²) >= 11 is 0. The van der Waals surface area contributed by atoms with Crippen molar-refractivity contribution < 1.29 is 19.4 Å². The van der Waals surface area contributed by atoms with E-state index in [4.69, 9.17) is 9.84 Å². The van der Waals surface area contributed by atoms with Gasteiger partial charge in [0.25, 0.3) is 0 Å². The van der Waals surface area contributed by atoms with Gasteiger partial charge in [0.2, 0.25) is 5.91 Å². The average Bonchev–Trinajstić information content (AvgIpc) is 2.15. The van der Waals surface area contributed by atoms with Crippen LogP contribution in [0, 0.1) is 11.8 Å². The lowest BCUT2D eigenvalue weighted by molar-refractivity contribution is -0.142. The van der Waals surface area contributed by atoms with Gasteiger partial charge in [-0.15, -0.1) is 0 Å². The molecule has 1 amide bonds. The third-order valence-corrected chi connectivity index (χ3v) is 2.18. The highest BCUT2D eigenvalue weighted by Crippen LogP contribution is 2.08. The average molecular weight is 217 g/mol. The Morgan fingerprint density at radius 1 is 1.33 bits per heavy atom. The molecule has 0 saturated carbocycles. The minimum atomic E-state index is -1.00. The molecule has 0 aliphatic rings. The zero-order valence-electron chi connectivity index (χ0n) is 9.45. The Morgan fingerprint density at radius 3 is 2.40 bits per heavy atom. The van der Waals surface area contributed by atoms with Crippen molar-refractivity contribution in [2.24, 2.45) is 11.8 Å². The van der Waals surface area contributed by atoms with Crippen molar-refractivity contribution in [2.45, 2.75) is 20.8 Å². The van der Waals surface area contributed by atoms with E-state index in [2.05, 4.69) is 5.32 Å². The Labute approximate surface area is 89.8 Å². The van der Waals surface area contributed by atoms with Crippen molar-refractivity contribution in [1.82, 2.24) is 5.32 Å². The standard InChI is InChI=1S/C10H19NO4/c1-7(2)8(3)10(14)11-4-5-15-6-9(12)13/h7-8H,4-6H2,1-3H3,(H,11,14)(H,12,13). The van der Waals surface area contributed by atoms with Gasteiger partial charge >= 0.3 is 5.97 Å². The van der Waals surface area contributed by atoms with Crippen LogP contribution in [0.25, 0.3) is 0 Å². The monoisotopic (exact) mass is 217 g/mol. The molecule has 0 bridgehead atoms. The van der Waals surface area contributed by atoms with Crippen LogP contribution in [0.1, 0.15) is 20.8 Å². The molecule has 5 nitrogen and oxygen atoms in total. The highest BCUT2D eigenvalue weighted by Gasteiger charge is 2.15. The van der Waals surface area contributed by atoms with Crippen molar-refractivity contribution in [3.8, 4) is 0 Å². The van der Waals surface area contributed by atoms with Crippen molar-refractivity contribution in [1.29, 1.82) is 0 Å². The molecule has 0 spiro atoms. The number of nitrogens with one attached hydrogen (secondary N) is 1. The molecule has 0 aromatic carbocycles. The zero-order valence-corrected chi connectivity index (χ0v) is 9.45. The summed E-state index contributed by atoms with van der Waals surface area (Å²) in [5, 5.41) is 11.0. The van der Waals surface area contributed by atoms with Crippen molar-refractivity contribution in [2.75, 3.05) is 19.8 Å². The summed E-state index contributed by atoms with van der Waals surface area (Å²) in [5.74, 6) is -0.768. The van der Waals surface area contributed by atoms with Gasteiger partial charge in [-0.05, 0) is 5.92 Å². The van der Waals surface area contributed by atoms with E-state index in [-0.39, 0.29) is 25.0 Å². The Balaban J connectivity index is 3.51. The van der Waals surface area contributed by atoms with Crippen molar-refractivity contribution in [3.63, 3.8) is 0 Å². The maximum atomic E-state index is 11.4. The Morgan fingerprint density at radius 2 is 1.93 bits per heavy atom. The number of hydrogen-bond acceptors (Lipinski definition) is 3. The highest BCUT2D eigenvalue weighted by atomic mass is 16.5. The van der Waals surface area contributed by atoms with E-state index in [0.29, 0.717) is 12.5 Å². The Kier molecular flexibility index (Phi) is 6.70. The third-order valence-electron chi connectivity index (χ3n) is 2.18. The number of rotatable bonds is 7. The number of carboxylic acids is 1. The number of carbonyl (C=O) groups is 2. The molecule has 1 unspecified atom stereocenters. The maximum Gasteiger partial charge on any atom is 0.329 e. The lowest BCUT2D eigenvalue weighted by Gasteiger charge is -2.14. The fourth-order valence-electron chi connectivity index (χ4n) is 0.870. The van der Waals surface area contributed by atoms with Crippen LogP contribution in [0.5, 0.6) is 0 Å². The predicted molar refractivity (Wildman–Crippen MR) is 55.5 cm³/mol. The van der Waals surface area contributed by atoms with Gasteiger partial charge in [0.05, 0.1) is 6.61 Å². The van der Waals surface area contributed by atoms with Crippen LogP contribution in [0.4, 0.5) is 0 Å². The second-order valence-electron chi connectivity index (χ2n) is 3.77. The first-order chi connectivity index (χ1) is 6.95. The number of hydrogen-bond donors (Lipinski definition) is 2. The first kappa shape index (κ1) is 13.9. The SMILES string of the molecule is CC(C)C(C)C(=O)NCCOCC(=O)O. The van der Waals surface area contributed by atoms with E-state index < -0.39 is 5.97 Å². The molecular weight excluding hydrogens is 198 g/mol. The fraction of sp³-hybridized carbons (Fsp3) is 0.800. The van der Waals surface area contributed by atoms with Crippen LogP contribution in [0.15, 0.2) is 0 Å². The number of amides is 1. The van der Waals surface area contributed by atoms with Crippen LogP contribution in [0.2, 0.25) is 0 Å². The molecule has 1 atom stereocenters.